The van der Waals surface area contributed by atoms with Gasteiger partial charge in [-0.15, -0.1) is 0 Å². The van der Waals surface area contributed by atoms with Gasteiger partial charge in [0.1, 0.15) is 5.75 Å². The number of nitrogens with two attached hydrogens (primary N) is 1. The second-order valence-corrected chi connectivity index (χ2v) is 7.52. The molecule has 0 aliphatic heterocycles. The highest BCUT2D eigenvalue weighted by atomic mass is 35.5. The maximum atomic E-state index is 11.4. The van der Waals surface area contributed by atoms with Crippen molar-refractivity contribution in [2.45, 2.75) is 4.90 Å². The molecule has 0 bridgehead atoms. The number of methoxy groups -OCH3 is 1. The van der Waals surface area contributed by atoms with Crippen LogP contribution < -0.4 is 9.88 Å². The molecular formula is C16H13Cl2N3O3S. The highest BCUT2D eigenvalue weighted by Crippen LogP contribution is 2.35. The maximum absolute atomic E-state index is 11.4. The van der Waals surface area contributed by atoms with Crippen molar-refractivity contribution in [2.75, 3.05) is 7.11 Å². The topological polar surface area (TPSA) is 87.2 Å². The van der Waals surface area contributed by atoms with Gasteiger partial charge in [-0.1, -0.05) is 23.2 Å². The lowest BCUT2D eigenvalue weighted by Crippen LogP contribution is -2.12. The Kier molecular flexibility index (Phi) is 4.75. The summed E-state index contributed by atoms with van der Waals surface area (Å²) < 4.78 is 29.5. The number of nitrogens with zero attached hydrogens (tertiary/aromatic N) is 2. The van der Waals surface area contributed by atoms with Crippen LogP contribution in [0.1, 0.15) is 0 Å². The number of hydrogen-bond donors (Lipinski definition) is 1. The standard InChI is InChI=1S/C16H13Cl2N3O3S/c1-24-15-7-2-10(8-13(15)17)16-14(18)9-20-21(16)11-3-5-12(6-4-11)25(19,22)23/h2-9H,1H3,(H2,19,22,23). The van der Waals surface area contributed by atoms with Gasteiger partial charge in [0.2, 0.25) is 10.0 Å². The minimum atomic E-state index is -3.76. The number of benzene rings is 2. The molecule has 25 heavy (non-hydrogen) atoms. The zero-order valence-corrected chi connectivity index (χ0v) is 15.3. The summed E-state index contributed by atoms with van der Waals surface area (Å²) >= 11 is 12.5. The summed E-state index contributed by atoms with van der Waals surface area (Å²) in [5, 5.41) is 10.2. The van der Waals surface area contributed by atoms with E-state index < -0.39 is 10.0 Å². The van der Waals surface area contributed by atoms with Crippen LogP contribution in [0, 0.1) is 0 Å². The van der Waals surface area contributed by atoms with E-state index in [-0.39, 0.29) is 4.90 Å². The smallest absolute Gasteiger partial charge is 0.238 e. The van der Waals surface area contributed by atoms with Crippen LogP contribution in [0.2, 0.25) is 10.0 Å². The molecule has 0 aliphatic rings. The molecule has 0 atom stereocenters. The molecule has 130 valence electrons. The second kappa shape index (κ2) is 6.68. The fourth-order valence-corrected chi connectivity index (χ4v) is 3.38. The first kappa shape index (κ1) is 17.8. The third kappa shape index (κ3) is 3.50. The molecule has 3 rings (SSSR count). The Morgan fingerprint density at radius 1 is 1.08 bits per heavy atom. The average Bonchev–Trinajstić information content (AvgIpc) is 2.95. The van der Waals surface area contributed by atoms with Crippen molar-refractivity contribution in [3.8, 4) is 22.7 Å². The van der Waals surface area contributed by atoms with Crippen molar-refractivity contribution in [3.05, 3.63) is 58.7 Å². The minimum Gasteiger partial charge on any atom is -0.495 e. The first-order chi connectivity index (χ1) is 11.8. The van der Waals surface area contributed by atoms with Gasteiger partial charge in [0.25, 0.3) is 0 Å². The number of primary sulfonamides is 1. The summed E-state index contributed by atoms with van der Waals surface area (Å²) in [6.07, 6.45) is 1.50. The average molecular weight is 398 g/mol. The van der Waals surface area contributed by atoms with Crippen molar-refractivity contribution in [1.82, 2.24) is 9.78 Å². The van der Waals surface area contributed by atoms with E-state index in [2.05, 4.69) is 5.10 Å². The van der Waals surface area contributed by atoms with Crippen molar-refractivity contribution < 1.29 is 13.2 Å². The molecule has 0 fully saturated rings. The van der Waals surface area contributed by atoms with E-state index in [1.54, 1.807) is 28.9 Å². The normalized spacial score (nSPS) is 11.5. The van der Waals surface area contributed by atoms with Crippen LogP contribution in [0.3, 0.4) is 0 Å². The highest BCUT2D eigenvalue weighted by Gasteiger charge is 2.16. The zero-order chi connectivity index (χ0) is 18.2. The third-order valence-corrected chi connectivity index (χ3v) is 5.06. The van der Waals surface area contributed by atoms with E-state index in [9.17, 15) is 8.42 Å². The Bertz CT molecular complexity index is 1030. The van der Waals surface area contributed by atoms with Gasteiger partial charge in [-0.3, -0.25) is 0 Å². The summed E-state index contributed by atoms with van der Waals surface area (Å²) in [5.41, 5.74) is 1.99. The number of hydrogen-bond acceptors (Lipinski definition) is 4. The largest absolute Gasteiger partial charge is 0.495 e. The number of ether oxygens (including phenoxy) is 1. The first-order valence-electron chi connectivity index (χ1n) is 7.02. The summed E-state index contributed by atoms with van der Waals surface area (Å²) in [4.78, 5) is 0.0172. The summed E-state index contributed by atoms with van der Waals surface area (Å²) in [6, 6.07) is 11.3. The van der Waals surface area contributed by atoms with E-state index >= 15 is 0 Å². The van der Waals surface area contributed by atoms with Gasteiger partial charge in [-0.25, -0.2) is 18.2 Å². The molecule has 6 nitrogen and oxygen atoms in total. The monoisotopic (exact) mass is 397 g/mol. The summed E-state index contributed by atoms with van der Waals surface area (Å²) in [5.74, 6) is 0.546. The molecule has 2 aromatic carbocycles. The van der Waals surface area contributed by atoms with E-state index in [4.69, 9.17) is 33.1 Å². The van der Waals surface area contributed by atoms with Gasteiger partial charge >= 0.3 is 0 Å². The van der Waals surface area contributed by atoms with E-state index in [1.165, 1.54) is 25.4 Å². The Hall–Kier alpha value is -2.06. The molecule has 1 heterocycles. The number of rotatable bonds is 4. The molecule has 0 aliphatic carbocycles. The fourth-order valence-electron chi connectivity index (χ4n) is 2.38. The van der Waals surface area contributed by atoms with Crippen LogP contribution >= 0.6 is 23.2 Å². The van der Waals surface area contributed by atoms with E-state index in [0.717, 1.165) is 5.56 Å². The van der Waals surface area contributed by atoms with Crippen LogP contribution in [0.15, 0.2) is 53.6 Å². The van der Waals surface area contributed by atoms with Crippen molar-refractivity contribution in [3.63, 3.8) is 0 Å². The molecule has 0 spiro atoms. The van der Waals surface area contributed by atoms with Crippen LogP contribution in [0.5, 0.6) is 5.75 Å². The molecule has 0 radical (unpaired) electrons. The number of halogens is 2. The highest BCUT2D eigenvalue weighted by molar-refractivity contribution is 7.89. The Balaban J connectivity index is 2.10. The molecule has 1 aromatic heterocycles. The number of aromatic nitrogens is 2. The Labute approximate surface area is 154 Å². The van der Waals surface area contributed by atoms with Crippen molar-refractivity contribution >= 4 is 33.2 Å². The van der Waals surface area contributed by atoms with Gasteiger partial charge in [0.05, 0.1) is 39.6 Å². The van der Waals surface area contributed by atoms with Crippen LogP contribution in [0.25, 0.3) is 16.9 Å². The van der Waals surface area contributed by atoms with Crippen molar-refractivity contribution in [1.29, 1.82) is 0 Å². The SMILES string of the molecule is COc1ccc(-c2c(Cl)cnn2-c2ccc(S(N)(=O)=O)cc2)cc1Cl. The minimum absolute atomic E-state index is 0.0172. The van der Waals surface area contributed by atoms with Crippen LogP contribution in [-0.4, -0.2) is 25.3 Å². The van der Waals surface area contributed by atoms with Gasteiger partial charge < -0.3 is 4.74 Å². The molecule has 0 amide bonds. The molecule has 3 aromatic rings. The molecule has 0 unspecified atom stereocenters. The lowest BCUT2D eigenvalue weighted by Gasteiger charge is -2.10. The van der Waals surface area contributed by atoms with Crippen molar-refractivity contribution in [2.24, 2.45) is 5.14 Å². The number of sulfonamides is 1. The van der Waals surface area contributed by atoms with Gasteiger partial charge in [0.15, 0.2) is 0 Å². The fraction of sp³-hybridized carbons (Fsp3) is 0.0625. The first-order valence-corrected chi connectivity index (χ1v) is 9.32. The summed E-state index contributed by atoms with van der Waals surface area (Å²) in [7, 11) is -2.23. The van der Waals surface area contributed by atoms with Crippen LogP contribution in [-0.2, 0) is 10.0 Å². The molecule has 9 heteroatoms. The second-order valence-electron chi connectivity index (χ2n) is 5.14. The Morgan fingerprint density at radius 2 is 1.76 bits per heavy atom. The maximum Gasteiger partial charge on any atom is 0.238 e. The third-order valence-electron chi connectivity index (χ3n) is 3.56. The van der Waals surface area contributed by atoms with Gasteiger partial charge in [-0.05, 0) is 42.5 Å². The lowest BCUT2D eigenvalue weighted by atomic mass is 10.1. The summed E-state index contributed by atoms with van der Waals surface area (Å²) in [6.45, 7) is 0. The van der Waals surface area contributed by atoms with Gasteiger partial charge in [-0.2, -0.15) is 5.10 Å². The van der Waals surface area contributed by atoms with E-state index in [1.807, 2.05) is 6.07 Å². The Morgan fingerprint density at radius 3 is 2.32 bits per heavy atom. The molecule has 0 saturated heterocycles. The quantitative estimate of drug-likeness (QED) is 0.729. The van der Waals surface area contributed by atoms with E-state index in [0.29, 0.717) is 27.2 Å². The predicted molar refractivity (Wildman–Crippen MR) is 96.9 cm³/mol. The van der Waals surface area contributed by atoms with Crippen LogP contribution in [0.4, 0.5) is 0 Å². The predicted octanol–water partition coefficient (Wildman–Crippen LogP) is 3.50. The lowest BCUT2D eigenvalue weighted by molar-refractivity contribution is 0.415. The molecule has 0 saturated carbocycles. The zero-order valence-electron chi connectivity index (χ0n) is 13.0. The van der Waals surface area contributed by atoms with Gasteiger partial charge in [0, 0.05) is 5.56 Å². The molecular weight excluding hydrogens is 385 g/mol. The molecule has 2 N–H and O–H groups in total.